The van der Waals surface area contributed by atoms with Crippen LogP contribution in [0, 0.1) is 0 Å². The molecule has 0 aliphatic carbocycles. The summed E-state index contributed by atoms with van der Waals surface area (Å²) in [5.41, 5.74) is 1.59. The first kappa shape index (κ1) is 14.3. The molecule has 1 unspecified atom stereocenters. The second-order valence-corrected chi connectivity index (χ2v) is 5.27. The molecule has 3 rings (SSSR count). The highest BCUT2D eigenvalue weighted by atomic mass is 16.3. The van der Waals surface area contributed by atoms with Gasteiger partial charge in [0.1, 0.15) is 11.7 Å². The first-order chi connectivity index (χ1) is 10.7. The Morgan fingerprint density at radius 2 is 2.18 bits per heavy atom. The number of hydrogen-bond donors (Lipinski definition) is 1. The average Bonchev–Trinajstić information content (AvgIpc) is 3.14. The highest BCUT2D eigenvalue weighted by Crippen LogP contribution is 2.23. The van der Waals surface area contributed by atoms with Crippen LogP contribution < -0.4 is 5.32 Å². The van der Waals surface area contributed by atoms with Crippen LogP contribution >= 0.6 is 0 Å². The van der Waals surface area contributed by atoms with E-state index in [1.54, 1.807) is 7.05 Å². The van der Waals surface area contributed by atoms with Crippen molar-refractivity contribution in [1.82, 2.24) is 15.2 Å². The molecule has 1 aliphatic rings. The van der Waals surface area contributed by atoms with Crippen LogP contribution in [0.15, 0.2) is 41.1 Å². The monoisotopic (exact) mass is 299 g/mol. The number of carbonyl (C=O) groups excluding carboxylic acids is 2. The van der Waals surface area contributed by atoms with Crippen molar-refractivity contribution < 1.29 is 14.0 Å². The maximum atomic E-state index is 12.2. The molecular formula is C16H17N3O3. The molecule has 1 aromatic heterocycles. The largest absolute Gasteiger partial charge is 0.443 e. The number of aromatic nitrogens is 1. The minimum atomic E-state index is -0.389. The van der Waals surface area contributed by atoms with Gasteiger partial charge < -0.3 is 14.6 Å². The molecular weight excluding hydrogens is 282 g/mol. The third-order valence-corrected chi connectivity index (χ3v) is 3.90. The summed E-state index contributed by atoms with van der Waals surface area (Å²) in [5.74, 6) is 0.499. The maximum absolute atomic E-state index is 12.2. The van der Waals surface area contributed by atoms with Crippen LogP contribution in [0.5, 0.6) is 0 Å². The molecule has 1 saturated heterocycles. The lowest BCUT2D eigenvalue weighted by Gasteiger charge is -2.18. The Hall–Kier alpha value is -2.63. The van der Waals surface area contributed by atoms with Gasteiger partial charge in [-0.1, -0.05) is 30.3 Å². The number of hydrogen-bond acceptors (Lipinski definition) is 4. The van der Waals surface area contributed by atoms with Crippen LogP contribution in [-0.2, 0) is 16.1 Å². The molecule has 6 nitrogen and oxygen atoms in total. The number of nitrogens with one attached hydrogen (secondary N) is 1. The molecule has 2 amide bonds. The zero-order chi connectivity index (χ0) is 15.5. The molecule has 0 saturated carbocycles. The molecule has 2 heterocycles. The molecule has 2 aromatic rings. The molecule has 114 valence electrons. The van der Waals surface area contributed by atoms with E-state index >= 15 is 0 Å². The van der Waals surface area contributed by atoms with Crippen molar-refractivity contribution in [2.45, 2.75) is 25.4 Å². The summed E-state index contributed by atoms with van der Waals surface area (Å²) in [7, 11) is 1.66. The van der Waals surface area contributed by atoms with Crippen LogP contribution in [0.1, 0.15) is 18.5 Å². The van der Waals surface area contributed by atoms with Gasteiger partial charge in [0.15, 0.2) is 12.2 Å². The number of benzene rings is 1. The zero-order valence-electron chi connectivity index (χ0n) is 12.3. The number of amides is 2. The maximum Gasteiger partial charge on any atom is 0.243 e. The molecule has 1 aliphatic heterocycles. The van der Waals surface area contributed by atoms with Gasteiger partial charge in [-0.05, 0) is 6.42 Å². The van der Waals surface area contributed by atoms with Crippen molar-refractivity contribution in [2.75, 3.05) is 7.05 Å². The van der Waals surface area contributed by atoms with E-state index < -0.39 is 0 Å². The van der Waals surface area contributed by atoms with E-state index in [0.717, 1.165) is 5.56 Å². The van der Waals surface area contributed by atoms with Crippen molar-refractivity contribution in [3.63, 3.8) is 0 Å². The number of nitrogens with zero attached hydrogens (tertiary/aromatic N) is 2. The minimum Gasteiger partial charge on any atom is -0.443 e. The summed E-state index contributed by atoms with van der Waals surface area (Å²) in [4.78, 5) is 29.3. The first-order valence-electron chi connectivity index (χ1n) is 7.18. The van der Waals surface area contributed by atoms with Gasteiger partial charge in [-0.2, -0.15) is 0 Å². The molecule has 1 aromatic carbocycles. The Balaban J connectivity index is 1.67. The summed E-state index contributed by atoms with van der Waals surface area (Å²) >= 11 is 0. The fourth-order valence-electron chi connectivity index (χ4n) is 2.62. The van der Waals surface area contributed by atoms with Gasteiger partial charge >= 0.3 is 0 Å². The zero-order valence-corrected chi connectivity index (χ0v) is 12.3. The highest BCUT2D eigenvalue weighted by Gasteiger charge is 2.33. The third-order valence-electron chi connectivity index (χ3n) is 3.90. The number of oxazole rings is 1. The summed E-state index contributed by atoms with van der Waals surface area (Å²) in [5, 5.41) is 2.83. The summed E-state index contributed by atoms with van der Waals surface area (Å²) in [6.07, 6.45) is 2.36. The molecule has 1 atom stereocenters. The fourth-order valence-corrected chi connectivity index (χ4v) is 2.62. The van der Waals surface area contributed by atoms with Crippen LogP contribution in [0.3, 0.4) is 0 Å². The van der Waals surface area contributed by atoms with E-state index in [4.69, 9.17) is 4.42 Å². The topological polar surface area (TPSA) is 75.4 Å². The SMILES string of the molecule is CN1C(=O)CCC1C(=O)NCc1ncoc1-c1ccccc1. The van der Waals surface area contributed by atoms with Crippen LogP contribution in [0.25, 0.3) is 11.3 Å². The molecule has 6 heteroatoms. The number of carbonyl (C=O) groups is 2. The summed E-state index contributed by atoms with van der Waals surface area (Å²) < 4.78 is 5.42. The Labute approximate surface area is 128 Å². The average molecular weight is 299 g/mol. The molecule has 0 radical (unpaired) electrons. The predicted molar refractivity (Wildman–Crippen MR) is 79.6 cm³/mol. The van der Waals surface area contributed by atoms with E-state index in [2.05, 4.69) is 10.3 Å². The van der Waals surface area contributed by atoms with Crippen LogP contribution in [-0.4, -0.2) is 34.8 Å². The quantitative estimate of drug-likeness (QED) is 0.930. The van der Waals surface area contributed by atoms with Crippen LogP contribution in [0.4, 0.5) is 0 Å². The van der Waals surface area contributed by atoms with Gasteiger partial charge in [-0.15, -0.1) is 0 Å². The Morgan fingerprint density at radius 1 is 1.41 bits per heavy atom. The third kappa shape index (κ3) is 2.72. The Morgan fingerprint density at radius 3 is 2.86 bits per heavy atom. The van der Waals surface area contributed by atoms with E-state index in [-0.39, 0.29) is 24.4 Å². The summed E-state index contributed by atoms with van der Waals surface area (Å²) in [6, 6.07) is 9.22. The molecule has 1 N–H and O–H groups in total. The van der Waals surface area contributed by atoms with E-state index in [1.807, 2.05) is 30.3 Å². The van der Waals surface area contributed by atoms with Crippen molar-refractivity contribution in [1.29, 1.82) is 0 Å². The Bertz CT molecular complexity index is 681. The van der Waals surface area contributed by atoms with Gasteiger partial charge in [0, 0.05) is 19.0 Å². The number of likely N-dealkylation sites (N-methyl/N-ethyl adjacent to an activating group) is 1. The molecule has 1 fully saturated rings. The molecule has 22 heavy (non-hydrogen) atoms. The standard InChI is InChI=1S/C16H17N3O3/c1-19-13(7-8-14(19)20)16(21)17-9-12-15(22-10-18-12)11-5-3-2-4-6-11/h2-6,10,13H,7-9H2,1H3,(H,17,21). The predicted octanol–water partition coefficient (Wildman–Crippen LogP) is 1.58. The van der Waals surface area contributed by atoms with Crippen molar-refractivity contribution in [2.24, 2.45) is 0 Å². The van der Waals surface area contributed by atoms with Gasteiger partial charge in [-0.25, -0.2) is 4.98 Å². The molecule has 0 bridgehead atoms. The van der Waals surface area contributed by atoms with E-state index in [1.165, 1.54) is 11.3 Å². The Kier molecular flexibility index (Phi) is 3.91. The number of rotatable bonds is 4. The van der Waals surface area contributed by atoms with Crippen molar-refractivity contribution in [3.05, 3.63) is 42.4 Å². The second-order valence-electron chi connectivity index (χ2n) is 5.27. The number of likely N-dealkylation sites (tertiary alicyclic amines) is 1. The highest BCUT2D eigenvalue weighted by molar-refractivity contribution is 5.90. The van der Waals surface area contributed by atoms with Gasteiger partial charge in [0.2, 0.25) is 11.8 Å². The van der Waals surface area contributed by atoms with Gasteiger partial charge in [0.05, 0.1) is 6.54 Å². The van der Waals surface area contributed by atoms with Gasteiger partial charge in [0.25, 0.3) is 0 Å². The summed E-state index contributed by atoms with van der Waals surface area (Å²) in [6.45, 7) is 0.276. The van der Waals surface area contributed by atoms with Crippen molar-refractivity contribution in [3.8, 4) is 11.3 Å². The smallest absolute Gasteiger partial charge is 0.243 e. The van der Waals surface area contributed by atoms with Gasteiger partial charge in [-0.3, -0.25) is 9.59 Å². The molecule has 0 spiro atoms. The van der Waals surface area contributed by atoms with E-state index in [9.17, 15) is 9.59 Å². The normalized spacial score (nSPS) is 17.8. The lowest BCUT2D eigenvalue weighted by atomic mass is 10.1. The minimum absolute atomic E-state index is 0.00607. The van der Waals surface area contributed by atoms with Crippen LogP contribution in [0.2, 0.25) is 0 Å². The van der Waals surface area contributed by atoms with Crippen molar-refractivity contribution >= 4 is 11.8 Å². The fraction of sp³-hybridized carbons (Fsp3) is 0.312. The first-order valence-corrected chi connectivity index (χ1v) is 7.18. The van der Waals surface area contributed by atoms with E-state index in [0.29, 0.717) is 24.3 Å². The lowest BCUT2D eigenvalue weighted by molar-refractivity contribution is -0.133. The second kappa shape index (κ2) is 6.01. The lowest BCUT2D eigenvalue weighted by Crippen LogP contribution is -2.42.